The average molecular weight is 996 g/mol. The Morgan fingerprint density at radius 2 is 0.903 bits per heavy atom. The fraction of sp³-hybridized carbons (Fsp3) is 0.464. The topological polar surface area (TPSA) is 0 Å². The van der Waals surface area contributed by atoms with Crippen molar-refractivity contribution in [3.63, 3.8) is 0 Å². The molecule has 0 bridgehead atoms. The molecule has 62 heavy (non-hydrogen) atoms. The zero-order valence-corrected chi connectivity index (χ0v) is 46.6. The zero-order valence-electron chi connectivity index (χ0n) is 39.6. The molecule has 6 heteroatoms. The first-order valence-corrected chi connectivity index (χ1v) is 39.1. The van der Waals surface area contributed by atoms with Crippen molar-refractivity contribution in [2.75, 3.05) is 0 Å². The average Bonchev–Trinajstić information content (AvgIpc) is 3.64. The van der Waals surface area contributed by atoms with Gasteiger partial charge in [-0.1, -0.05) is 224 Å². The van der Waals surface area contributed by atoms with Crippen LogP contribution in [0.4, 0.5) is 0 Å². The van der Waals surface area contributed by atoms with Gasteiger partial charge in [0, 0.05) is 9.52 Å². The maximum atomic E-state index is 4.93. The molecule has 2 fully saturated rings. The molecule has 2 aliphatic carbocycles. The van der Waals surface area contributed by atoms with Crippen molar-refractivity contribution in [1.29, 1.82) is 0 Å². The molecule has 0 N–H and O–H groups in total. The van der Waals surface area contributed by atoms with Gasteiger partial charge >= 0.3 is 37.9 Å². The molecule has 0 heterocycles. The molecule has 0 nitrogen and oxygen atoms in total. The Morgan fingerprint density at radius 3 is 1.19 bits per heavy atom. The molecule has 2 saturated carbocycles. The molecule has 0 atom stereocenters. The third kappa shape index (κ3) is 15.7. The van der Waals surface area contributed by atoms with Crippen molar-refractivity contribution in [3.8, 4) is 22.3 Å². The van der Waals surface area contributed by atoms with Gasteiger partial charge in [0.05, 0.1) is 16.1 Å². The van der Waals surface area contributed by atoms with Gasteiger partial charge in [-0.2, -0.15) is 12.1 Å². The van der Waals surface area contributed by atoms with Gasteiger partial charge in [0.1, 0.15) is 0 Å². The first kappa shape index (κ1) is 51.2. The van der Waals surface area contributed by atoms with E-state index < -0.39 is 37.0 Å². The fourth-order valence-corrected chi connectivity index (χ4v) is 12.5. The van der Waals surface area contributed by atoms with Crippen LogP contribution in [0.3, 0.4) is 0 Å². The molecule has 0 amide bonds. The molecule has 0 aliphatic heterocycles. The Kier molecular flexibility index (Phi) is 21.3. The molecule has 0 unspecified atom stereocenters. The van der Waals surface area contributed by atoms with Gasteiger partial charge in [-0.25, -0.2) is 0 Å². The molecule has 2 aliphatic rings. The standard InChI is InChI=1S/2C26H33Si.C4H10Si.2ClH.Zr/c2*1-27(2,3)24-15-13-22(14-16-24)25-12-8-11-23-18-21(19-26(23)25)17-20-9-6-4-5-7-10-20;1-3-4-5-2;;;/h2*8,11-16,18-20H,4-7,9-10,17H2,1-3H3;3-4H2,1-2H3;2*1H;/q2*-1;;;;+4/p-2. The number of fused-ring (bicyclic) bond motifs is 2. The van der Waals surface area contributed by atoms with E-state index in [1.807, 2.05) is 0 Å². The van der Waals surface area contributed by atoms with Crippen molar-refractivity contribution < 1.29 is 20.8 Å². The van der Waals surface area contributed by atoms with Crippen LogP contribution in [-0.4, -0.2) is 25.7 Å². The van der Waals surface area contributed by atoms with Crippen LogP contribution in [-0.2, 0) is 33.7 Å². The summed E-state index contributed by atoms with van der Waals surface area (Å²) in [6.07, 6.45) is 21.1. The third-order valence-corrected chi connectivity index (χ3v) is 18.4. The van der Waals surface area contributed by atoms with Crippen LogP contribution >= 0.6 is 17.0 Å². The van der Waals surface area contributed by atoms with Crippen molar-refractivity contribution in [1.82, 2.24) is 0 Å². The van der Waals surface area contributed by atoms with Gasteiger partial charge in [-0.15, -0.1) is 69.1 Å². The molecular weight excluding hydrogens is 919 g/mol. The van der Waals surface area contributed by atoms with E-state index >= 15 is 0 Å². The Hall–Kier alpha value is -1.79. The minimum atomic E-state index is -1.24. The zero-order chi connectivity index (χ0) is 44.5. The van der Waals surface area contributed by atoms with E-state index in [0.29, 0.717) is 0 Å². The quantitative estimate of drug-likeness (QED) is 0.0729. The molecule has 0 spiro atoms. The Balaban J connectivity index is 0.000000200. The molecular formula is C56H76Cl2Si3Zr. The Bertz CT molecular complexity index is 2010. The predicted molar refractivity (Wildman–Crippen MR) is 284 cm³/mol. The van der Waals surface area contributed by atoms with Crippen LogP contribution < -0.4 is 10.4 Å². The number of hydrogen-bond donors (Lipinski definition) is 0. The summed E-state index contributed by atoms with van der Waals surface area (Å²) in [4.78, 5) is 0. The summed E-state index contributed by atoms with van der Waals surface area (Å²) in [6, 6.07) is 43.6. The van der Waals surface area contributed by atoms with Crippen LogP contribution in [0.5, 0.6) is 0 Å². The van der Waals surface area contributed by atoms with E-state index in [-0.39, 0.29) is 0 Å². The molecule has 6 aromatic carbocycles. The number of rotatable bonds is 10. The van der Waals surface area contributed by atoms with Gasteiger partial charge in [-0.05, 0) is 35.8 Å². The molecule has 330 valence electrons. The summed E-state index contributed by atoms with van der Waals surface area (Å²) in [6.45, 7) is 19.0. The van der Waals surface area contributed by atoms with Gasteiger partial charge in [0.2, 0.25) is 0 Å². The van der Waals surface area contributed by atoms with Crippen molar-refractivity contribution >= 4 is 74.6 Å². The third-order valence-electron chi connectivity index (χ3n) is 13.2. The normalized spacial score (nSPS) is 15.3. The van der Waals surface area contributed by atoms with Gasteiger partial charge in [-0.3, -0.25) is 0 Å². The van der Waals surface area contributed by atoms with Crippen LogP contribution in [0.2, 0.25) is 51.9 Å². The van der Waals surface area contributed by atoms with E-state index in [2.05, 4.69) is 162 Å². The van der Waals surface area contributed by atoms with Crippen molar-refractivity contribution in [2.24, 2.45) is 11.8 Å². The molecule has 6 aromatic rings. The van der Waals surface area contributed by atoms with E-state index in [4.69, 9.17) is 17.0 Å². The summed E-state index contributed by atoms with van der Waals surface area (Å²) in [5.41, 5.74) is 8.58. The number of benzene rings is 4. The molecule has 2 radical (unpaired) electrons. The van der Waals surface area contributed by atoms with Gasteiger partial charge in [0.15, 0.2) is 0 Å². The maximum absolute atomic E-state index is 4.93. The number of halogens is 2. The van der Waals surface area contributed by atoms with Crippen molar-refractivity contribution in [3.05, 3.63) is 120 Å². The van der Waals surface area contributed by atoms with Gasteiger partial charge in [0.25, 0.3) is 0 Å². The van der Waals surface area contributed by atoms with E-state index in [9.17, 15) is 0 Å². The van der Waals surface area contributed by atoms with Crippen LogP contribution in [0, 0.1) is 11.8 Å². The molecule has 8 rings (SSSR count). The first-order chi connectivity index (χ1) is 29.8. The second-order valence-corrected chi connectivity index (χ2v) is 35.4. The Morgan fingerprint density at radius 1 is 0.548 bits per heavy atom. The van der Waals surface area contributed by atoms with Crippen LogP contribution in [0.25, 0.3) is 43.8 Å². The SMILES string of the molecule is CCC[Si]C.C[Si](C)(C)c1ccc(-c2cccc3[cH-]c(CC4CCCCCC4)cc23)cc1.C[Si](C)(C)c1ccc(-c2cccc3[cH-]c(CC4CCCCCC4)cc23)cc1.[Cl][Zr+2][Cl]. The van der Waals surface area contributed by atoms with Crippen LogP contribution in [0.1, 0.15) is 102 Å². The summed E-state index contributed by atoms with van der Waals surface area (Å²) in [5.74, 6) is 1.78. The van der Waals surface area contributed by atoms with E-state index in [0.717, 1.165) is 21.4 Å². The second-order valence-electron chi connectivity index (χ2n) is 20.3. The first-order valence-electron chi connectivity index (χ1n) is 24.0. The fourth-order valence-electron chi connectivity index (χ4n) is 9.69. The summed E-state index contributed by atoms with van der Waals surface area (Å²) < 4.78 is 0. The second kappa shape index (κ2) is 25.8. The summed E-state index contributed by atoms with van der Waals surface area (Å²) in [7, 11) is 8.55. The summed E-state index contributed by atoms with van der Waals surface area (Å²) in [5, 5.41) is 8.75. The van der Waals surface area contributed by atoms with Gasteiger partial charge < -0.3 is 0 Å². The molecule has 0 saturated heterocycles. The molecule has 0 aromatic heterocycles. The van der Waals surface area contributed by atoms with E-state index in [1.165, 1.54) is 157 Å². The Labute approximate surface area is 401 Å². The summed E-state index contributed by atoms with van der Waals surface area (Å²) >= 11 is -0.826. The van der Waals surface area contributed by atoms with Crippen molar-refractivity contribution in [2.45, 2.75) is 155 Å². The number of hydrogen-bond acceptors (Lipinski definition) is 0. The monoisotopic (exact) mass is 992 g/mol. The predicted octanol–water partition coefficient (Wildman–Crippen LogP) is 17.5. The van der Waals surface area contributed by atoms with E-state index in [1.54, 1.807) is 11.1 Å². The van der Waals surface area contributed by atoms with Crippen LogP contribution in [0.15, 0.2) is 109 Å². The minimum absolute atomic E-state index is 0.826.